The molecular weight excluding hydrogens is 447 g/mol. The molecule has 3 aromatic heterocycles. The summed E-state index contributed by atoms with van der Waals surface area (Å²) in [5.74, 6) is -0.669. The Kier molecular flexibility index (Phi) is 6.77. The van der Waals surface area contributed by atoms with E-state index in [0.717, 1.165) is 0 Å². The smallest absolute Gasteiger partial charge is 0.365 e. The maximum atomic E-state index is 13.5. The summed E-state index contributed by atoms with van der Waals surface area (Å²) in [4.78, 5) is 15.7. The maximum absolute atomic E-state index is 13.5. The lowest BCUT2D eigenvalue weighted by atomic mass is 10.2. The Bertz CT molecular complexity index is 1200. The Hall–Kier alpha value is -3.48. The molecule has 0 unspecified atom stereocenters. The molecule has 9 nitrogen and oxygen atoms in total. The van der Waals surface area contributed by atoms with Gasteiger partial charge in [-0.05, 0) is 32.0 Å². The molecule has 3 rings (SSSR count). The van der Waals surface area contributed by atoms with E-state index >= 15 is 0 Å². The average molecular weight is 467 g/mol. The highest BCUT2D eigenvalue weighted by Gasteiger charge is 2.35. The molecule has 0 atom stereocenters. The van der Waals surface area contributed by atoms with Gasteiger partial charge in [-0.1, -0.05) is 6.07 Å². The monoisotopic (exact) mass is 467 g/mol. The van der Waals surface area contributed by atoms with Crippen LogP contribution >= 0.6 is 0 Å². The summed E-state index contributed by atoms with van der Waals surface area (Å²) in [6.45, 7) is 3.06. The highest BCUT2D eigenvalue weighted by molar-refractivity contribution is 7.92. The number of rotatable bonds is 8. The molecule has 0 saturated carbocycles. The summed E-state index contributed by atoms with van der Waals surface area (Å²) in [6, 6.07) is 6.41. The molecule has 0 spiro atoms. The number of pyridine rings is 2. The van der Waals surface area contributed by atoms with Crippen molar-refractivity contribution in [3.8, 4) is 0 Å². The van der Waals surface area contributed by atoms with Crippen LogP contribution in [0.5, 0.6) is 0 Å². The lowest BCUT2D eigenvalue weighted by molar-refractivity contribution is -0.137. The number of halogens is 3. The largest absolute Gasteiger partial charge is 0.421 e. The van der Waals surface area contributed by atoms with Crippen molar-refractivity contribution >= 4 is 33.3 Å². The molecule has 0 saturated heterocycles. The van der Waals surface area contributed by atoms with Gasteiger partial charge in [-0.2, -0.15) is 18.2 Å². The molecule has 3 heterocycles. The van der Waals surface area contributed by atoms with E-state index in [1.165, 1.54) is 13.1 Å². The number of nitrogens with zero attached hydrogens (tertiary/aromatic N) is 4. The molecule has 0 aromatic carbocycles. The third-order valence-electron chi connectivity index (χ3n) is 4.22. The summed E-state index contributed by atoms with van der Waals surface area (Å²) in [7, 11) is -3.62. The van der Waals surface area contributed by atoms with E-state index in [2.05, 4.69) is 35.3 Å². The molecule has 0 aliphatic carbocycles. The predicted octanol–water partition coefficient (Wildman–Crippen LogP) is 3.71. The van der Waals surface area contributed by atoms with Crippen LogP contribution in [0.2, 0.25) is 0 Å². The quantitative estimate of drug-likeness (QED) is 0.458. The zero-order chi connectivity index (χ0) is 23.4. The van der Waals surface area contributed by atoms with Gasteiger partial charge in [-0.15, -0.1) is 0 Å². The number of alkyl halides is 3. The Morgan fingerprint density at radius 3 is 2.53 bits per heavy atom. The van der Waals surface area contributed by atoms with Crippen LogP contribution in [0.3, 0.4) is 0 Å². The summed E-state index contributed by atoms with van der Waals surface area (Å²) >= 11 is 0. The minimum atomic E-state index is -4.70. The van der Waals surface area contributed by atoms with Crippen LogP contribution in [-0.4, -0.2) is 34.1 Å². The zero-order valence-electron chi connectivity index (χ0n) is 17.1. The third-order valence-corrected chi connectivity index (χ3v) is 5.48. The van der Waals surface area contributed by atoms with Crippen molar-refractivity contribution in [1.29, 1.82) is 0 Å². The van der Waals surface area contributed by atoms with Crippen LogP contribution in [0.15, 0.2) is 42.9 Å². The van der Waals surface area contributed by atoms with Crippen LogP contribution in [0.25, 0.3) is 0 Å². The van der Waals surface area contributed by atoms with Crippen LogP contribution in [0, 0.1) is 6.92 Å². The summed E-state index contributed by atoms with van der Waals surface area (Å²) in [6.07, 6.45) is -1.10. The predicted molar refractivity (Wildman–Crippen MR) is 114 cm³/mol. The van der Waals surface area contributed by atoms with Crippen molar-refractivity contribution in [3.63, 3.8) is 0 Å². The molecule has 0 aliphatic rings. The van der Waals surface area contributed by atoms with Gasteiger partial charge in [-0.3, -0.25) is 9.71 Å². The van der Waals surface area contributed by atoms with Crippen LogP contribution in [-0.2, 0) is 22.7 Å². The number of sulfonamides is 1. The molecule has 32 heavy (non-hydrogen) atoms. The molecular formula is C19H20F3N7O2S. The number of nitrogens with one attached hydrogen (secondary N) is 3. The van der Waals surface area contributed by atoms with Gasteiger partial charge in [0.25, 0.3) is 0 Å². The number of aromatic nitrogens is 4. The fraction of sp³-hybridized carbons (Fsp3) is 0.263. The molecule has 0 aliphatic heterocycles. The normalized spacial score (nSPS) is 11.8. The number of hydrogen-bond donors (Lipinski definition) is 3. The first-order valence-corrected chi connectivity index (χ1v) is 11.0. The van der Waals surface area contributed by atoms with E-state index in [4.69, 9.17) is 0 Å². The van der Waals surface area contributed by atoms with Gasteiger partial charge in [0.05, 0.1) is 5.75 Å². The van der Waals surface area contributed by atoms with Gasteiger partial charge in [-0.25, -0.2) is 18.4 Å². The minimum Gasteiger partial charge on any atom is -0.365 e. The summed E-state index contributed by atoms with van der Waals surface area (Å²) in [5, 5.41) is 5.46. The second-order valence-electron chi connectivity index (χ2n) is 6.63. The minimum absolute atomic E-state index is 0.0232. The van der Waals surface area contributed by atoms with E-state index in [1.807, 2.05) is 0 Å². The lowest BCUT2D eigenvalue weighted by Crippen LogP contribution is -2.18. The van der Waals surface area contributed by atoms with Gasteiger partial charge in [0.2, 0.25) is 16.0 Å². The number of hydrogen-bond acceptors (Lipinski definition) is 8. The molecule has 0 fully saturated rings. The van der Waals surface area contributed by atoms with E-state index < -0.39 is 27.6 Å². The molecule has 170 valence electrons. The first-order valence-electron chi connectivity index (χ1n) is 9.39. The molecule has 0 amide bonds. The lowest BCUT2D eigenvalue weighted by Gasteiger charge is -2.16. The standard InChI is InChI=1S/C19H20F3N7O2S/c1-3-32(30,31)29-16-13(5-4-7-24-16)10-25-17-15(19(20,21)22)11-26-18(28-17)27-14-6-8-23-12(2)9-14/h4-9,11H,3,10H2,1-2H3,(H,24,29)(H2,23,25,26,27,28). The second kappa shape index (κ2) is 9.34. The summed E-state index contributed by atoms with van der Waals surface area (Å²) < 4.78 is 66.5. The van der Waals surface area contributed by atoms with Crippen LogP contribution < -0.4 is 15.4 Å². The maximum Gasteiger partial charge on any atom is 0.421 e. The number of anilines is 4. The molecule has 3 aromatic rings. The number of aryl methyl sites for hydroxylation is 1. The van der Waals surface area contributed by atoms with Crippen molar-refractivity contribution < 1.29 is 21.6 Å². The molecule has 0 bridgehead atoms. The van der Waals surface area contributed by atoms with E-state index in [9.17, 15) is 21.6 Å². The van der Waals surface area contributed by atoms with Gasteiger partial charge >= 0.3 is 6.18 Å². The fourth-order valence-electron chi connectivity index (χ4n) is 2.61. The fourth-order valence-corrected chi connectivity index (χ4v) is 3.23. The third kappa shape index (κ3) is 6.03. The van der Waals surface area contributed by atoms with Gasteiger partial charge in [0.1, 0.15) is 17.2 Å². The zero-order valence-corrected chi connectivity index (χ0v) is 17.9. The average Bonchev–Trinajstić information content (AvgIpc) is 2.72. The Morgan fingerprint density at radius 1 is 1.06 bits per heavy atom. The van der Waals surface area contributed by atoms with Crippen molar-refractivity contribution in [2.24, 2.45) is 0 Å². The molecule has 3 N–H and O–H groups in total. The van der Waals surface area contributed by atoms with Crippen molar-refractivity contribution in [3.05, 3.63) is 59.7 Å². The first kappa shape index (κ1) is 23.2. The van der Waals surface area contributed by atoms with E-state index in [-0.39, 0.29) is 24.1 Å². The molecule has 0 radical (unpaired) electrons. The summed E-state index contributed by atoms with van der Waals surface area (Å²) in [5.41, 5.74) is 0.551. The highest BCUT2D eigenvalue weighted by atomic mass is 32.2. The van der Waals surface area contributed by atoms with Gasteiger partial charge in [0.15, 0.2) is 0 Å². The SMILES string of the molecule is CCS(=O)(=O)Nc1ncccc1CNc1nc(Nc2ccnc(C)c2)ncc1C(F)(F)F. The topological polar surface area (TPSA) is 122 Å². The van der Waals surface area contributed by atoms with Gasteiger partial charge < -0.3 is 10.6 Å². The Balaban J connectivity index is 1.88. The van der Waals surface area contributed by atoms with Crippen LogP contribution in [0.1, 0.15) is 23.7 Å². The van der Waals surface area contributed by atoms with Gasteiger partial charge in [0, 0.05) is 42.1 Å². The van der Waals surface area contributed by atoms with E-state index in [1.54, 1.807) is 37.4 Å². The second-order valence-corrected chi connectivity index (χ2v) is 8.65. The highest BCUT2D eigenvalue weighted by Crippen LogP contribution is 2.34. The van der Waals surface area contributed by atoms with E-state index in [0.29, 0.717) is 23.1 Å². The van der Waals surface area contributed by atoms with Crippen molar-refractivity contribution in [2.75, 3.05) is 21.1 Å². The Labute approximate surface area is 182 Å². The van der Waals surface area contributed by atoms with Crippen molar-refractivity contribution in [2.45, 2.75) is 26.6 Å². The van der Waals surface area contributed by atoms with Crippen molar-refractivity contribution in [1.82, 2.24) is 19.9 Å². The van der Waals surface area contributed by atoms with Crippen LogP contribution in [0.4, 0.5) is 36.4 Å². The Morgan fingerprint density at radius 2 is 1.84 bits per heavy atom. The molecule has 13 heteroatoms. The first-order chi connectivity index (χ1) is 15.1.